The van der Waals surface area contributed by atoms with Gasteiger partial charge in [0.2, 0.25) is 0 Å². The molecule has 0 aliphatic heterocycles. The summed E-state index contributed by atoms with van der Waals surface area (Å²) < 4.78 is 21.3. The summed E-state index contributed by atoms with van der Waals surface area (Å²) in [5.41, 5.74) is 0.842. The van der Waals surface area contributed by atoms with Crippen LogP contribution in [0.15, 0.2) is 48.5 Å². The summed E-state index contributed by atoms with van der Waals surface area (Å²) in [6.07, 6.45) is 3.59. The zero-order valence-corrected chi connectivity index (χ0v) is 16.1. The van der Waals surface area contributed by atoms with Gasteiger partial charge in [-0.1, -0.05) is 0 Å². The highest BCUT2D eigenvalue weighted by Crippen LogP contribution is 2.24. The molecule has 28 heavy (non-hydrogen) atoms. The van der Waals surface area contributed by atoms with Gasteiger partial charge in [-0.05, 0) is 74.2 Å². The molecule has 0 bridgehead atoms. The molecular formula is C22H24O6. The summed E-state index contributed by atoms with van der Waals surface area (Å²) in [4.78, 5) is 24.5. The number of hydrogen-bond donors (Lipinski definition) is 0. The fourth-order valence-electron chi connectivity index (χ4n) is 3.16. The van der Waals surface area contributed by atoms with Crippen LogP contribution < -0.4 is 9.47 Å². The Bertz CT molecular complexity index is 789. The van der Waals surface area contributed by atoms with Crippen LogP contribution in [0.25, 0.3) is 0 Å². The van der Waals surface area contributed by atoms with Gasteiger partial charge in [-0.3, -0.25) is 0 Å². The Morgan fingerprint density at radius 3 is 1.75 bits per heavy atom. The number of benzene rings is 2. The highest BCUT2D eigenvalue weighted by molar-refractivity contribution is 5.92. The Kier molecular flexibility index (Phi) is 6.66. The lowest BCUT2D eigenvalue weighted by atomic mass is 9.95. The van der Waals surface area contributed by atoms with E-state index in [0.29, 0.717) is 22.6 Å². The van der Waals surface area contributed by atoms with Gasteiger partial charge in [-0.25, -0.2) is 9.59 Å². The monoisotopic (exact) mass is 384 g/mol. The summed E-state index contributed by atoms with van der Waals surface area (Å²) >= 11 is 0. The quantitative estimate of drug-likeness (QED) is 0.553. The molecule has 0 N–H and O–H groups in total. The fraction of sp³-hybridized carbons (Fsp3) is 0.364. The molecule has 1 aliphatic carbocycles. The van der Waals surface area contributed by atoms with Crippen LogP contribution in [0.3, 0.4) is 0 Å². The average molecular weight is 384 g/mol. The van der Waals surface area contributed by atoms with Crippen molar-refractivity contribution in [1.82, 2.24) is 0 Å². The minimum Gasteiger partial charge on any atom is -0.497 e. The molecule has 3 rings (SSSR count). The third-order valence-corrected chi connectivity index (χ3v) is 4.85. The van der Waals surface area contributed by atoms with Crippen molar-refractivity contribution in [2.45, 2.75) is 37.9 Å². The highest BCUT2D eigenvalue weighted by atomic mass is 16.5. The number of hydrogen-bond acceptors (Lipinski definition) is 6. The maximum absolute atomic E-state index is 12.3. The molecule has 0 heterocycles. The van der Waals surface area contributed by atoms with Crippen LogP contribution in [0.2, 0.25) is 0 Å². The van der Waals surface area contributed by atoms with Crippen molar-refractivity contribution in [3.8, 4) is 11.5 Å². The van der Waals surface area contributed by atoms with Crippen LogP contribution in [-0.2, 0) is 9.47 Å². The standard InChI is InChI=1S/C22H24O6/c1-25-17-7-3-15(4-8-17)21(23)27-19-9-5-16(6-10-19)22(24)28-20-13-11-18(26-2)12-14-20/h3-10,18,20H,11-14H2,1-2H3. The number of rotatable bonds is 6. The molecule has 0 aromatic heterocycles. The van der Waals surface area contributed by atoms with Crippen LogP contribution in [0.4, 0.5) is 0 Å². The number of esters is 2. The first-order valence-electron chi connectivity index (χ1n) is 9.29. The summed E-state index contributed by atoms with van der Waals surface area (Å²) in [6, 6.07) is 13.0. The Morgan fingerprint density at radius 2 is 1.21 bits per heavy atom. The van der Waals surface area contributed by atoms with Gasteiger partial charge in [0, 0.05) is 7.11 Å². The highest BCUT2D eigenvalue weighted by Gasteiger charge is 2.24. The molecule has 0 spiro atoms. The molecule has 0 amide bonds. The van der Waals surface area contributed by atoms with Crippen LogP contribution >= 0.6 is 0 Å². The summed E-state index contributed by atoms with van der Waals surface area (Å²) in [6.45, 7) is 0. The maximum Gasteiger partial charge on any atom is 0.343 e. The second-order valence-electron chi connectivity index (χ2n) is 6.68. The summed E-state index contributed by atoms with van der Waals surface area (Å²) in [7, 11) is 3.27. The minimum atomic E-state index is -0.479. The van der Waals surface area contributed by atoms with Crippen molar-refractivity contribution in [2.24, 2.45) is 0 Å². The Balaban J connectivity index is 1.54. The van der Waals surface area contributed by atoms with Gasteiger partial charge in [0.15, 0.2) is 0 Å². The first kappa shape index (κ1) is 19.9. The maximum atomic E-state index is 12.3. The van der Waals surface area contributed by atoms with E-state index in [9.17, 15) is 9.59 Å². The second kappa shape index (κ2) is 9.37. The zero-order valence-electron chi connectivity index (χ0n) is 16.1. The molecule has 1 aliphatic rings. The van der Waals surface area contributed by atoms with Gasteiger partial charge < -0.3 is 18.9 Å². The predicted octanol–water partition coefficient (Wildman–Crippen LogP) is 4.03. The van der Waals surface area contributed by atoms with Crippen molar-refractivity contribution in [1.29, 1.82) is 0 Å². The van der Waals surface area contributed by atoms with E-state index in [0.717, 1.165) is 25.7 Å². The summed E-state index contributed by atoms with van der Waals surface area (Å²) in [5.74, 6) is 0.176. The minimum absolute atomic E-state index is 0.0773. The largest absolute Gasteiger partial charge is 0.497 e. The second-order valence-corrected chi connectivity index (χ2v) is 6.68. The molecule has 0 radical (unpaired) electrons. The Morgan fingerprint density at radius 1 is 0.714 bits per heavy atom. The first-order chi connectivity index (χ1) is 13.6. The van der Waals surface area contributed by atoms with Crippen LogP contribution in [-0.4, -0.2) is 38.4 Å². The lowest BCUT2D eigenvalue weighted by Crippen LogP contribution is -2.27. The normalized spacial score (nSPS) is 18.9. The van der Waals surface area contributed by atoms with Crippen molar-refractivity contribution < 1.29 is 28.5 Å². The SMILES string of the molecule is COc1ccc(C(=O)Oc2ccc(C(=O)OC3CCC(OC)CC3)cc2)cc1. The Labute approximate surface area is 164 Å². The van der Waals surface area contributed by atoms with Crippen molar-refractivity contribution >= 4 is 11.9 Å². The van der Waals surface area contributed by atoms with Crippen molar-refractivity contribution in [3.05, 3.63) is 59.7 Å². The van der Waals surface area contributed by atoms with Crippen molar-refractivity contribution in [3.63, 3.8) is 0 Å². The third-order valence-electron chi connectivity index (χ3n) is 4.85. The Hall–Kier alpha value is -2.86. The van der Waals surface area contributed by atoms with E-state index in [-0.39, 0.29) is 18.2 Å². The van der Waals surface area contributed by atoms with Gasteiger partial charge in [-0.15, -0.1) is 0 Å². The zero-order chi connectivity index (χ0) is 19.9. The van der Waals surface area contributed by atoms with Gasteiger partial charge in [0.1, 0.15) is 17.6 Å². The average Bonchev–Trinajstić information content (AvgIpc) is 2.74. The first-order valence-corrected chi connectivity index (χ1v) is 9.29. The van der Waals surface area contributed by atoms with Crippen LogP contribution in [0, 0.1) is 0 Å². The van der Waals surface area contributed by atoms with E-state index >= 15 is 0 Å². The van der Waals surface area contributed by atoms with E-state index in [1.54, 1.807) is 62.8 Å². The molecule has 1 fully saturated rings. The molecule has 1 saturated carbocycles. The molecule has 0 saturated heterocycles. The lowest BCUT2D eigenvalue weighted by Gasteiger charge is -2.27. The smallest absolute Gasteiger partial charge is 0.343 e. The molecule has 2 aromatic rings. The van der Waals surface area contributed by atoms with Gasteiger partial charge in [-0.2, -0.15) is 0 Å². The number of carbonyl (C=O) groups is 2. The lowest BCUT2D eigenvalue weighted by molar-refractivity contribution is -0.00540. The molecular weight excluding hydrogens is 360 g/mol. The van der Waals surface area contributed by atoms with Gasteiger partial charge in [0.05, 0.1) is 24.3 Å². The van der Waals surface area contributed by atoms with Crippen molar-refractivity contribution in [2.75, 3.05) is 14.2 Å². The van der Waals surface area contributed by atoms with E-state index in [1.807, 2.05) is 0 Å². The molecule has 2 aromatic carbocycles. The number of methoxy groups -OCH3 is 2. The molecule has 148 valence electrons. The van der Waals surface area contributed by atoms with Gasteiger partial charge >= 0.3 is 11.9 Å². The van der Waals surface area contributed by atoms with Gasteiger partial charge in [0.25, 0.3) is 0 Å². The topological polar surface area (TPSA) is 71.1 Å². The van der Waals surface area contributed by atoms with Crippen LogP contribution in [0.5, 0.6) is 11.5 Å². The van der Waals surface area contributed by atoms with E-state index in [1.165, 1.54) is 0 Å². The third kappa shape index (κ3) is 5.10. The molecule has 6 heteroatoms. The van der Waals surface area contributed by atoms with Crippen LogP contribution in [0.1, 0.15) is 46.4 Å². The van der Waals surface area contributed by atoms with E-state index < -0.39 is 5.97 Å². The summed E-state index contributed by atoms with van der Waals surface area (Å²) in [5, 5.41) is 0. The predicted molar refractivity (Wildman–Crippen MR) is 103 cm³/mol. The molecule has 6 nitrogen and oxygen atoms in total. The molecule has 0 unspecified atom stereocenters. The van der Waals surface area contributed by atoms with E-state index in [2.05, 4.69) is 0 Å². The van der Waals surface area contributed by atoms with E-state index in [4.69, 9.17) is 18.9 Å². The fourth-order valence-corrected chi connectivity index (χ4v) is 3.16. The number of ether oxygens (including phenoxy) is 4. The number of carbonyl (C=O) groups excluding carboxylic acids is 2. The molecule has 0 atom stereocenters.